The minimum absolute atomic E-state index is 0. The van der Waals surface area contributed by atoms with Crippen molar-refractivity contribution in [2.75, 3.05) is 45.3 Å². The van der Waals surface area contributed by atoms with Gasteiger partial charge < -0.3 is 14.4 Å². The molecule has 1 aliphatic rings. The van der Waals surface area contributed by atoms with E-state index in [-0.39, 0.29) is 18.3 Å². The molecule has 1 amide bonds. The molecule has 160 valence electrons. The summed E-state index contributed by atoms with van der Waals surface area (Å²) in [6.45, 7) is 2.18. The van der Waals surface area contributed by atoms with E-state index in [0.29, 0.717) is 58.5 Å². The number of nitrogens with zero attached hydrogens (tertiary/aromatic N) is 3. The van der Waals surface area contributed by atoms with E-state index in [1.165, 1.54) is 11.3 Å². The summed E-state index contributed by atoms with van der Waals surface area (Å²) in [5.74, 6) is 1.16. The Morgan fingerprint density at radius 2 is 1.80 bits per heavy atom. The lowest BCUT2D eigenvalue weighted by Gasteiger charge is -2.22. The monoisotopic (exact) mass is 487 g/mol. The zero-order valence-corrected chi connectivity index (χ0v) is 19.5. The fraction of sp³-hybridized carbons (Fsp3) is 0.300. The number of fused-ring (bicyclic) bond motifs is 2. The lowest BCUT2D eigenvalue weighted by atomic mass is 10.2. The molecule has 1 aliphatic heterocycles. The highest BCUT2D eigenvalue weighted by Crippen LogP contribution is 2.39. The topological polar surface area (TPSA) is 54.9 Å². The van der Waals surface area contributed by atoms with Gasteiger partial charge in [-0.3, -0.25) is 9.69 Å². The van der Waals surface area contributed by atoms with E-state index >= 15 is 0 Å². The van der Waals surface area contributed by atoms with Gasteiger partial charge in [-0.05, 0) is 32.3 Å². The molecule has 0 bridgehead atoms. The SMILES string of the molecule is CN(C)CCN(C(=O)c1ccc(Cl)cc1Cl)c1nc2cc3c(cc2s1)OCCO3.Cl. The van der Waals surface area contributed by atoms with Crippen LogP contribution < -0.4 is 14.4 Å². The van der Waals surface area contributed by atoms with Crippen molar-refractivity contribution in [3.63, 3.8) is 0 Å². The van der Waals surface area contributed by atoms with E-state index in [4.69, 9.17) is 37.7 Å². The highest BCUT2D eigenvalue weighted by Gasteiger charge is 2.24. The number of benzene rings is 2. The molecule has 2 aromatic carbocycles. The zero-order valence-electron chi connectivity index (χ0n) is 16.4. The first kappa shape index (κ1) is 22.9. The zero-order chi connectivity index (χ0) is 20.5. The van der Waals surface area contributed by atoms with Gasteiger partial charge in [0.25, 0.3) is 5.91 Å². The van der Waals surface area contributed by atoms with Gasteiger partial charge in [0.2, 0.25) is 0 Å². The summed E-state index contributed by atoms with van der Waals surface area (Å²) in [6.07, 6.45) is 0. The van der Waals surface area contributed by atoms with Gasteiger partial charge in [0.05, 0.1) is 20.8 Å². The number of ether oxygens (including phenoxy) is 2. The second-order valence-electron chi connectivity index (χ2n) is 6.84. The molecule has 0 atom stereocenters. The van der Waals surface area contributed by atoms with E-state index in [9.17, 15) is 4.79 Å². The molecule has 0 saturated carbocycles. The Bertz CT molecular complexity index is 1030. The number of thiazole rings is 1. The molecule has 0 radical (unpaired) electrons. The van der Waals surface area contributed by atoms with Crippen LogP contribution in [-0.2, 0) is 0 Å². The summed E-state index contributed by atoms with van der Waals surface area (Å²) in [5, 5.41) is 1.40. The van der Waals surface area contributed by atoms with Crippen LogP contribution in [0.25, 0.3) is 10.2 Å². The number of rotatable bonds is 5. The molecular weight excluding hydrogens is 469 g/mol. The summed E-state index contributed by atoms with van der Waals surface area (Å²) in [7, 11) is 3.91. The molecule has 0 unspecified atom stereocenters. The second kappa shape index (κ2) is 9.58. The minimum Gasteiger partial charge on any atom is -0.486 e. The van der Waals surface area contributed by atoms with Gasteiger partial charge in [-0.25, -0.2) is 4.98 Å². The first-order valence-corrected chi connectivity index (χ1v) is 10.6. The largest absolute Gasteiger partial charge is 0.486 e. The van der Waals surface area contributed by atoms with Crippen LogP contribution in [0.2, 0.25) is 10.0 Å². The maximum Gasteiger partial charge on any atom is 0.261 e. The molecular formula is C20H20Cl3N3O3S. The molecule has 1 aromatic heterocycles. The van der Waals surface area contributed by atoms with E-state index in [0.717, 1.165) is 10.2 Å². The van der Waals surface area contributed by atoms with Gasteiger partial charge >= 0.3 is 0 Å². The third kappa shape index (κ3) is 4.76. The smallest absolute Gasteiger partial charge is 0.261 e. The molecule has 0 spiro atoms. The lowest BCUT2D eigenvalue weighted by Crippen LogP contribution is -2.36. The van der Waals surface area contributed by atoms with Crippen molar-refractivity contribution in [2.24, 2.45) is 0 Å². The van der Waals surface area contributed by atoms with Crippen LogP contribution in [0.4, 0.5) is 5.13 Å². The van der Waals surface area contributed by atoms with Gasteiger partial charge in [0.15, 0.2) is 16.6 Å². The predicted molar refractivity (Wildman–Crippen MR) is 125 cm³/mol. The summed E-state index contributed by atoms with van der Waals surface area (Å²) in [6, 6.07) is 8.64. The van der Waals surface area contributed by atoms with Gasteiger partial charge in [0.1, 0.15) is 13.2 Å². The van der Waals surface area contributed by atoms with Crippen molar-refractivity contribution < 1.29 is 14.3 Å². The Balaban J connectivity index is 0.00000256. The van der Waals surface area contributed by atoms with Gasteiger partial charge in [-0.15, -0.1) is 12.4 Å². The number of aromatic nitrogens is 1. The fourth-order valence-corrected chi connectivity index (χ4v) is 4.45. The van der Waals surface area contributed by atoms with E-state index in [2.05, 4.69) is 0 Å². The summed E-state index contributed by atoms with van der Waals surface area (Å²) < 4.78 is 12.2. The molecule has 0 N–H and O–H groups in total. The van der Waals surface area contributed by atoms with Crippen molar-refractivity contribution in [1.82, 2.24) is 9.88 Å². The Labute approximate surface area is 194 Å². The van der Waals surface area contributed by atoms with Crippen LogP contribution in [0.15, 0.2) is 30.3 Å². The van der Waals surface area contributed by atoms with Gasteiger partial charge in [-0.2, -0.15) is 0 Å². The lowest BCUT2D eigenvalue weighted by molar-refractivity contribution is 0.0985. The van der Waals surface area contributed by atoms with Crippen molar-refractivity contribution >= 4 is 68.2 Å². The van der Waals surface area contributed by atoms with Crippen LogP contribution in [0.3, 0.4) is 0 Å². The minimum atomic E-state index is -0.218. The number of hydrogen-bond donors (Lipinski definition) is 0. The standard InChI is InChI=1S/C20H19Cl2N3O3S.ClH/c1-24(2)5-6-25(19(26)13-4-3-12(21)9-14(13)22)20-23-15-10-16-17(11-18(15)29-20)28-8-7-27-16;/h3-4,9-11H,5-8H2,1-2H3;1H. The van der Waals surface area contributed by atoms with Gasteiger partial charge in [0, 0.05) is 30.2 Å². The Kier molecular flexibility index (Phi) is 7.31. The molecule has 4 rings (SSSR count). The normalized spacial score (nSPS) is 12.7. The van der Waals surface area contributed by atoms with Crippen LogP contribution >= 0.6 is 46.9 Å². The molecule has 0 fully saturated rings. The average molecular weight is 489 g/mol. The highest BCUT2D eigenvalue weighted by atomic mass is 35.5. The number of carbonyl (C=O) groups excluding carboxylic acids is 1. The predicted octanol–water partition coefficient (Wildman–Crippen LogP) is 5.00. The van der Waals surface area contributed by atoms with E-state index in [1.54, 1.807) is 23.1 Å². The quantitative estimate of drug-likeness (QED) is 0.506. The van der Waals surface area contributed by atoms with E-state index in [1.807, 2.05) is 31.1 Å². The molecule has 0 aliphatic carbocycles. The maximum atomic E-state index is 13.3. The molecule has 3 aromatic rings. The van der Waals surface area contributed by atoms with Crippen LogP contribution in [0, 0.1) is 0 Å². The first-order valence-electron chi connectivity index (χ1n) is 9.04. The highest BCUT2D eigenvalue weighted by molar-refractivity contribution is 7.22. The third-order valence-electron chi connectivity index (χ3n) is 4.45. The van der Waals surface area contributed by atoms with Crippen molar-refractivity contribution in [3.05, 3.63) is 45.9 Å². The maximum absolute atomic E-state index is 13.3. The second-order valence-corrected chi connectivity index (χ2v) is 8.70. The molecule has 0 saturated heterocycles. The number of likely N-dealkylation sites (N-methyl/N-ethyl adjacent to an activating group) is 1. The molecule has 2 heterocycles. The van der Waals surface area contributed by atoms with Crippen molar-refractivity contribution in [3.8, 4) is 11.5 Å². The van der Waals surface area contributed by atoms with E-state index < -0.39 is 0 Å². The van der Waals surface area contributed by atoms with Crippen molar-refractivity contribution in [1.29, 1.82) is 0 Å². The number of carbonyl (C=O) groups is 1. The first-order chi connectivity index (χ1) is 13.9. The van der Waals surface area contributed by atoms with Crippen LogP contribution in [0.1, 0.15) is 10.4 Å². The summed E-state index contributed by atoms with van der Waals surface area (Å²) in [5.41, 5.74) is 1.15. The van der Waals surface area contributed by atoms with Crippen LogP contribution in [-0.4, -0.2) is 56.2 Å². The Morgan fingerprint density at radius 3 is 2.47 bits per heavy atom. The Morgan fingerprint density at radius 1 is 1.10 bits per heavy atom. The molecule has 6 nitrogen and oxygen atoms in total. The molecule has 30 heavy (non-hydrogen) atoms. The summed E-state index contributed by atoms with van der Waals surface area (Å²) >= 11 is 13.7. The van der Waals surface area contributed by atoms with Gasteiger partial charge in [-0.1, -0.05) is 34.5 Å². The number of amides is 1. The number of hydrogen-bond acceptors (Lipinski definition) is 6. The molecule has 10 heteroatoms. The van der Waals surface area contributed by atoms with Crippen LogP contribution in [0.5, 0.6) is 11.5 Å². The third-order valence-corrected chi connectivity index (χ3v) is 6.04. The summed E-state index contributed by atoms with van der Waals surface area (Å²) in [4.78, 5) is 21.7. The Hall–Kier alpha value is -1.77. The fourth-order valence-electron chi connectivity index (χ4n) is 2.96. The number of halogens is 3. The van der Waals surface area contributed by atoms with Crippen molar-refractivity contribution in [2.45, 2.75) is 0 Å². The number of anilines is 1. The average Bonchev–Trinajstić information content (AvgIpc) is 3.08.